The Labute approximate surface area is 137 Å². The summed E-state index contributed by atoms with van der Waals surface area (Å²) in [5, 5.41) is 7.12. The quantitative estimate of drug-likeness (QED) is 0.727. The van der Waals surface area contributed by atoms with Gasteiger partial charge in [0.15, 0.2) is 5.65 Å². The van der Waals surface area contributed by atoms with Crippen molar-refractivity contribution in [2.75, 3.05) is 6.54 Å². The summed E-state index contributed by atoms with van der Waals surface area (Å²) >= 11 is 0. The first-order valence-corrected chi connectivity index (χ1v) is 6.99. The summed E-state index contributed by atoms with van der Waals surface area (Å²) in [5.74, 6) is -4.34. The van der Waals surface area contributed by atoms with Gasteiger partial charge < -0.3 is 10.5 Å². The van der Waals surface area contributed by atoms with E-state index in [2.05, 4.69) is 14.9 Å². The number of pyridine rings is 1. The molecule has 0 atom stereocenters. The van der Waals surface area contributed by atoms with Crippen LogP contribution in [0.1, 0.15) is 5.82 Å². The standard InChI is InChI=1S/C15H11F5N4O/c16-14(17,8-21)13-23-22-12-6-3-10(7-24(12)13)9-1-4-11(5-2-9)25-15(18,19)20/h1-7H,8,21H2. The number of rotatable bonds is 4. The van der Waals surface area contributed by atoms with Gasteiger partial charge in [0.1, 0.15) is 5.75 Å². The molecule has 0 bridgehead atoms. The average Bonchev–Trinajstić information content (AvgIpc) is 2.98. The summed E-state index contributed by atoms with van der Waals surface area (Å²) in [7, 11) is 0. The van der Waals surface area contributed by atoms with E-state index < -0.39 is 24.7 Å². The molecule has 0 amide bonds. The molecule has 132 valence electrons. The summed E-state index contributed by atoms with van der Waals surface area (Å²) in [6.07, 6.45) is -3.42. The molecule has 0 fully saturated rings. The van der Waals surface area contributed by atoms with Crippen molar-refractivity contribution in [1.82, 2.24) is 14.6 Å². The Kier molecular flexibility index (Phi) is 4.07. The Morgan fingerprint density at radius 2 is 1.56 bits per heavy atom. The summed E-state index contributed by atoms with van der Waals surface area (Å²) < 4.78 is 69.1. The number of aromatic nitrogens is 3. The third-order valence-electron chi connectivity index (χ3n) is 3.41. The molecule has 5 nitrogen and oxygen atoms in total. The fourth-order valence-electron chi connectivity index (χ4n) is 2.25. The lowest BCUT2D eigenvalue weighted by atomic mass is 10.1. The van der Waals surface area contributed by atoms with Gasteiger partial charge in [-0.1, -0.05) is 12.1 Å². The van der Waals surface area contributed by atoms with E-state index >= 15 is 0 Å². The van der Waals surface area contributed by atoms with Crippen LogP contribution in [0, 0.1) is 0 Å². The highest BCUT2D eigenvalue weighted by atomic mass is 19.4. The van der Waals surface area contributed by atoms with E-state index in [9.17, 15) is 22.0 Å². The van der Waals surface area contributed by atoms with Gasteiger partial charge in [0.25, 0.3) is 0 Å². The van der Waals surface area contributed by atoms with Gasteiger partial charge in [-0.2, -0.15) is 8.78 Å². The first kappa shape index (κ1) is 17.1. The lowest BCUT2D eigenvalue weighted by Crippen LogP contribution is -2.27. The van der Waals surface area contributed by atoms with Crippen LogP contribution in [0.25, 0.3) is 16.8 Å². The molecule has 0 saturated carbocycles. The Morgan fingerprint density at radius 3 is 2.16 bits per heavy atom. The number of ether oxygens (including phenoxy) is 1. The lowest BCUT2D eigenvalue weighted by Gasteiger charge is -2.12. The van der Waals surface area contributed by atoms with Gasteiger partial charge in [0.2, 0.25) is 5.82 Å². The first-order chi connectivity index (χ1) is 11.7. The third kappa shape index (κ3) is 3.53. The average molecular weight is 358 g/mol. The molecule has 0 aliphatic heterocycles. The van der Waals surface area contributed by atoms with Gasteiger partial charge in [0.05, 0.1) is 6.54 Å². The van der Waals surface area contributed by atoms with Crippen molar-refractivity contribution < 1.29 is 26.7 Å². The van der Waals surface area contributed by atoms with E-state index in [4.69, 9.17) is 5.73 Å². The second kappa shape index (κ2) is 5.96. The largest absolute Gasteiger partial charge is 0.573 e. The molecule has 1 aromatic carbocycles. The Morgan fingerprint density at radius 1 is 0.920 bits per heavy atom. The number of halogens is 5. The maximum atomic E-state index is 13.8. The van der Waals surface area contributed by atoms with Crippen molar-refractivity contribution in [3.8, 4) is 16.9 Å². The molecule has 10 heteroatoms. The van der Waals surface area contributed by atoms with Gasteiger partial charge in [0, 0.05) is 6.20 Å². The van der Waals surface area contributed by atoms with Crippen LogP contribution in [0.2, 0.25) is 0 Å². The Balaban J connectivity index is 1.98. The predicted octanol–water partition coefficient (Wildman–Crippen LogP) is 3.35. The second-order valence-electron chi connectivity index (χ2n) is 5.15. The molecule has 0 aliphatic carbocycles. The highest BCUT2D eigenvalue weighted by molar-refractivity contribution is 5.65. The van der Waals surface area contributed by atoms with Gasteiger partial charge in [-0.05, 0) is 35.4 Å². The predicted molar refractivity (Wildman–Crippen MR) is 78.1 cm³/mol. The third-order valence-corrected chi connectivity index (χ3v) is 3.41. The number of hydrogen-bond donors (Lipinski definition) is 1. The number of alkyl halides is 5. The molecule has 0 radical (unpaired) electrons. The Hall–Kier alpha value is -2.75. The van der Waals surface area contributed by atoms with Crippen LogP contribution in [0.4, 0.5) is 22.0 Å². The maximum Gasteiger partial charge on any atom is 0.573 e. The molecule has 0 spiro atoms. The van der Waals surface area contributed by atoms with E-state index in [0.717, 1.165) is 16.5 Å². The normalized spacial score (nSPS) is 12.6. The van der Waals surface area contributed by atoms with Crippen molar-refractivity contribution in [3.63, 3.8) is 0 Å². The van der Waals surface area contributed by atoms with Crippen LogP contribution >= 0.6 is 0 Å². The van der Waals surface area contributed by atoms with Crippen LogP contribution < -0.4 is 10.5 Å². The van der Waals surface area contributed by atoms with Crippen molar-refractivity contribution in [1.29, 1.82) is 0 Å². The topological polar surface area (TPSA) is 65.4 Å². The monoisotopic (exact) mass is 358 g/mol. The highest BCUT2D eigenvalue weighted by Gasteiger charge is 2.35. The second-order valence-corrected chi connectivity index (χ2v) is 5.15. The van der Waals surface area contributed by atoms with E-state index in [0.29, 0.717) is 11.1 Å². The molecule has 3 rings (SSSR count). The minimum absolute atomic E-state index is 0.198. The summed E-state index contributed by atoms with van der Waals surface area (Å²) in [4.78, 5) is 0. The fraction of sp³-hybridized carbons (Fsp3) is 0.200. The molecule has 0 saturated heterocycles. The highest BCUT2D eigenvalue weighted by Crippen LogP contribution is 2.29. The zero-order chi connectivity index (χ0) is 18.2. The smallest absolute Gasteiger partial charge is 0.406 e. The van der Waals surface area contributed by atoms with E-state index in [-0.39, 0.29) is 11.4 Å². The van der Waals surface area contributed by atoms with E-state index in [1.807, 2.05) is 0 Å². The molecule has 2 N–H and O–H groups in total. The molecule has 0 unspecified atom stereocenters. The molecule has 2 heterocycles. The summed E-state index contributed by atoms with van der Waals surface area (Å²) in [6, 6.07) is 8.09. The SMILES string of the molecule is NCC(F)(F)c1nnc2ccc(-c3ccc(OC(F)(F)F)cc3)cn12. The minimum Gasteiger partial charge on any atom is -0.406 e. The molecular formula is C15H11F5N4O. The minimum atomic E-state index is -4.79. The lowest BCUT2D eigenvalue weighted by molar-refractivity contribution is -0.274. The number of hydrogen-bond acceptors (Lipinski definition) is 4. The number of benzene rings is 1. The first-order valence-electron chi connectivity index (χ1n) is 6.99. The summed E-state index contributed by atoms with van der Waals surface area (Å²) in [6.45, 7) is -0.929. The molecule has 2 aromatic heterocycles. The fourth-order valence-corrected chi connectivity index (χ4v) is 2.25. The maximum absolute atomic E-state index is 13.8. The van der Waals surface area contributed by atoms with Crippen molar-refractivity contribution in [2.45, 2.75) is 12.3 Å². The number of nitrogens with zero attached hydrogens (tertiary/aromatic N) is 3. The van der Waals surface area contributed by atoms with Gasteiger partial charge in [-0.25, -0.2) is 0 Å². The van der Waals surface area contributed by atoms with Crippen LogP contribution in [0.5, 0.6) is 5.75 Å². The molecule has 0 aliphatic rings. The van der Waals surface area contributed by atoms with E-state index in [1.165, 1.54) is 24.4 Å². The zero-order valence-electron chi connectivity index (χ0n) is 12.5. The number of fused-ring (bicyclic) bond motifs is 1. The van der Waals surface area contributed by atoms with Gasteiger partial charge >= 0.3 is 12.3 Å². The van der Waals surface area contributed by atoms with Crippen LogP contribution in [-0.2, 0) is 5.92 Å². The molecule has 3 aromatic rings. The van der Waals surface area contributed by atoms with Crippen LogP contribution in [0.15, 0.2) is 42.6 Å². The molecular weight excluding hydrogens is 347 g/mol. The summed E-state index contributed by atoms with van der Waals surface area (Å²) in [5.41, 5.74) is 6.26. The number of nitrogens with two attached hydrogens (primary N) is 1. The van der Waals surface area contributed by atoms with Gasteiger partial charge in [-0.3, -0.25) is 4.40 Å². The van der Waals surface area contributed by atoms with Gasteiger partial charge in [-0.15, -0.1) is 23.4 Å². The van der Waals surface area contributed by atoms with E-state index in [1.54, 1.807) is 6.07 Å². The zero-order valence-corrected chi connectivity index (χ0v) is 12.5. The van der Waals surface area contributed by atoms with Crippen LogP contribution in [0.3, 0.4) is 0 Å². The Bertz CT molecular complexity index is 889. The molecule has 25 heavy (non-hydrogen) atoms. The van der Waals surface area contributed by atoms with Crippen molar-refractivity contribution in [3.05, 3.63) is 48.4 Å². The van der Waals surface area contributed by atoms with Crippen molar-refractivity contribution >= 4 is 5.65 Å². The van der Waals surface area contributed by atoms with Crippen LogP contribution in [-0.4, -0.2) is 27.5 Å². The van der Waals surface area contributed by atoms with Crippen molar-refractivity contribution in [2.24, 2.45) is 5.73 Å².